The molecule has 1 atom stereocenters. The van der Waals surface area contributed by atoms with Crippen molar-refractivity contribution in [1.29, 1.82) is 0 Å². The molecule has 2 aromatic rings. The van der Waals surface area contributed by atoms with Gasteiger partial charge in [0.2, 0.25) is 0 Å². The number of amides is 1. The zero-order valence-electron chi connectivity index (χ0n) is 14.4. The fourth-order valence-electron chi connectivity index (χ4n) is 2.23. The second kappa shape index (κ2) is 8.82. The molecule has 5 nitrogen and oxygen atoms in total. The van der Waals surface area contributed by atoms with Crippen LogP contribution in [0.15, 0.2) is 54.6 Å². The van der Waals surface area contributed by atoms with Gasteiger partial charge in [0.15, 0.2) is 6.10 Å². The number of nitrogens with one attached hydrogen (secondary N) is 1. The van der Waals surface area contributed by atoms with E-state index in [9.17, 15) is 4.79 Å². The number of carbonyl (C=O) groups excluding carboxylic acids is 1. The highest BCUT2D eigenvalue weighted by Gasteiger charge is 2.14. The summed E-state index contributed by atoms with van der Waals surface area (Å²) in [5, 5.41) is 2.90. The van der Waals surface area contributed by atoms with Gasteiger partial charge in [0.25, 0.3) is 5.91 Å². The average Bonchev–Trinajstić information content (AvgIpc) is 2.62. The van der Waals surface area contributed by atoms with Crippen LogP contribution in [-0.2, 0) is 4.79 Å². The number of rotatable bonds is 8. The van der Waals surface area contributed by atoms with Crippen LogP contribution in [0.25, 0.3) is 0 Å². The second-order valence-electron chi connectivity index (χ2n) is 5.49. The summed E-state index contributed by atoms with van der Waals surface area (Å²) in [6.45, 7) is 3.01. The normalized spacial score (nSPS) is 11.5. The number of benzene rings is 2. The van der Waals surface area contributed by atoms with Crippen LogP contribution in [0.2, 0.25) is 0 Å². The first-order valence-electron chi connectivity index (χ1n) is 7.95. The number of nitrogens with zero attached hydrogens (tertiary/aromatic N) is 1. The monoisotopic (exact) mass is 328 g/mol. The van der Waals surface area contributed by atoms with E-state index >= 15 is 0 Å². The number of ether oxygens (including phenoxy) is 2. The van der Waals surface area contributed by atoms with Gasteiger partial charge in [-0.25, -0.2) is 0 Å². The number of methoxy groups -OCH3 is 1. The van der Waals surface area contributed by atoms with Crippen LogP contribution < -0.4 is 19.7 Å². The molecule has 0 radical (unpaired) electrons. The van der Waals surface area contributed by atoms with Gasteiger partial charge in [-0.1, -0.05) is 24.3 Å². The average molecular weight is 328 g/mol. The van der Waals surface area contributed by atoms with Crippen LogP contribution in [-0.4, -0.2) is 39.3 Å². The number of para-hydroxylation sites is 1. The summed E-state index contributed by atoms with van der Waals surface area (Å²) in [5.41, 5.74) is 1.12. The number of likely N-dealkylation sites (N-methyl/N-ethyl adjacent to an activating group) is 1. The van der Waals surface area contributed by atoms with Crippen molar-refractivity contribution in [2.45, 2.75) is 13.0 Å². The highest BCUT2D eigenvalue weighted by Crippen LogP contribution is 2.19. The van der Waals surface area contributed by atoms with Gasteiger partial charge in [0.1, 0.15) is 11.5 Å². The quantitative estimate of drug-likeness (QED) is 0.809. The summed E-state index contributed by atoms with van der Waals surface area (Å²) in [7, 11) is 3.59. The zero-order chi connectivity index (χ0) is 17.4. The van der Waals surface area contributed by atoms with Crippen molar-refractivity contribution >= 4 is 11.6 Å². The maximum Gasteiger partial charge on any atom is 0.260 e. The largest absolute Gasteiger partial charge is 0.497 e. The van der Waals surface area contributed by atoms with Crippen LogP contribution >= 0.6 is 0 Å². The van der Waals surface area contributed by atoms with Gasteiger partial charge in [-0.2, -0.15) is 0 Å². The summed E-state index contributed by atoms with van der Waals surface area (Å²) in [4.78, 5) is 14.2. The molecule has 0 fully saturated rings. The molecule has 0 spiro atoms. The van der Waals surface area contributed by atoms with Crippen LogP contribution in [0.1, 0.15) is 6.92 Å². The van der Waals surface area contributed by atoms with E-state index in [0.29, 0.717) is 18.0 Å². The van der Waals surface area contributed by atoms with Crippen molar-refractivity contribution in [1.82, 2.24) is 5.32 Å². The molecule has 128 valence electrons. The molecular formula is C19H24N2O3. The van der Waals surface area contributed by atoms with E-state index in [1.807, 2.05) is 49.5 Å². The molecule has 0 unspecified atom stereocenters. The molecule has 0 bridgehead atoms. The Morgan fingerprint density at radius 1 is 1.12 bits per heavy atom. The third kappa shape index (κ3) is 5.19. The SMILES string of the molecule is COc1cccc(O[C@@H](C)C(=O)NCCN(C)c2ccccc2)c1. The Morgan fingerprint density at radius 3 is 2.54 bits per heavy atom. The molecule has 2 aromatic carbocycles. The van der Waals surface area contributed by atoms with Crippen LogP contribution in [0.5, 0.6) is 11.5 Å². The molecule has 0 aliphatic carbocycles. The van der Waals surface area contributed by atoms with Gasteiger partial charge < -0.3 is 19.7 Å². The van der Waals surface area contributed by atoms with Crippen molar-refractivity contribution in [2.75, 3.05) is 32.1 Å². The van der Waals surface area contributed by atoms with Gasteiger partial charge in [-0.15, -0.1) is 0 Å². The minimum absolute atomic E-state index is 0.140. The predicted molar refractivity (Wildman–Crippen MR) is 95.8 cm³/mol. The topological polar surface area (TPSA) is 50.8 Å². The zero-order valence-corrected chi connectivity index (χ0v) is 14.4. The van der Waals surface area contributed by atoms with Crippen LogP contribution in [0, 0.1) is 0 Å². The highest BCUT2D eigenvalue weighted by atomic mass is 16.5. The molecule has 0 saturated carbocycles. The first-order valence-corrected chi connectivity index (χ1v) is 7.95. The lowest BCUT2D eigenvalue weighted by Gasteiger charge is -2.20. The Morgan fingerprint density at radius 2 is 1.83 bits per heavy atom. The molecule has 0 aromatic heterocycles. The van der Waals surface area contributed by atoms with E-state index in [4.69, 9.17) is 9.47 Å². The molecule has 0 heterocycles. The lowest BCUT2D eigenvalue weighted by molar-refractivity contribution is -0.127. The van der Waals surface area contributed by atoms with Gasteiger partial charge >= 0.3 is 0 Å². The number of hydrogen-bond acceptors (Lipinski definition) is 4. The Labute approximate surface area is 143 Å². The first-order chi connectivity index (χ1) is 11.6. The lowest BCUT2D eigenvalue weighted by Crippen LogP contribution is -2.40. The summed E-state index contributed by atoms with van der Waals surface area (Å²) in [5.74, 6) is 1.17. The molecule has 2 rings (SSSR count). The Kier molecular flexibility index (Phi) is 6.49. The Balaban J connectivity index is 1.77. The third-order valence-corrected chi connectivity index (χ3v) is 3.67. The Hall–Kier alpha value is -2.69. The lowest BCUT2D eigenvalue weighted by atomic mass is 10.3. The van der Waals surface area contributed by atoms with Crippen molar-refractivity contribution in [2.24, 2.45) is 0 Å². The third-order valence-electron chi connectivity index (χ3n) is 3.67. The van der Waals surface area contributed by atoms with Gasteiger partial charge in [0.05, 0.1) is 7.11 Å². The highest BCUT2D eigenvalue weighted by molar-refractivity contribution is 5.80. The fraction of sp³-hybridized carbons (Fsp3) is 0.316. The number of anilines is 1. The van der Waals surface area contributed by atoms with Crippen molar-refractivity contribution < 1.29 is 14.3 Å². The fourth-order valence-corrected chi connectivity index (χ4v) is 2.23. The molecule has 5 heteroatoms. The van der Waals surface area contributed by atoms with E-state index in [0.717, 1.165) is 12.2 Å². The van der Waals surface area contributed by atoms with Crippen LogP contribution in [0.3, 0.4) is 0 Å². The van der Waals surface area contributed by atoms with Crippen LogP contribution in [0.4, 0.5) is 5.69 Å². The van der Waals surface area contributed by atoms with E-state index in [2.05, 4.69) is 10.2 Å². The first kappa shape index (κ1) is 17.7. The minimum atomic E-state index is -0.570. The Bertz CT molecular complexity index is 646. The molecule has 0 aliphatic heterocycles. The summed E-state index contributed by atoms with van der Waals surface area (Å²) in [6, 6.07) is 17.3. The number of carbonyl (C=O) groups is 1. The van der Waals surface area contributed by atoms with E-state index in [1.165, 1.54) is 0 Å². The van der Waals surface area contributed by atoms with E-state index in [1.54, 1.807) is 26.2 Å². The maximum atomic E-state index is 12.1. The minimum Gasteiger partial charge on any atom is -0.497 e. The molecule has 0 saturated heterocycles. The van der Waals surface area contributed by atoms with Crippen molar-refractivity contribution in [3.8, 4) is 11.5 Å². The predicted octanol–water partition coefficient (Wildman–Crippen LogP) is 2.72. The smallest absolute Gasteiger partial charge is 0.260 e. The number of hydrogen-bond donors (Lipinski definition) is 1. The van der Waals surface area contributed by atoms with E-state index in [-0.39, 0.29) is 5.91 Å². The maximum absolute atomic E-state index is 12.1. The van der Waals surface area contributed by atoms with Gasteiger partial charge in [-0.05, 0) is 31.2 Å². The summed E-state index contributed by atoms with van der Waals surface area (Å²) in [6.07, 6.45) is -0.570. The molecule has 1 N–H and O–H groups in total. The second-order valence-corrected chi connectivity index (χ2v) is 5.49. The summed E-state index contributed by atoms with van der Waals surface area (Å²) < 4.78 is 10.8. The van der Waals surface area contributed by atoms with Gasteiger partial charge in [0, 0.05) is 31.9 Å². The van der Waals surface area contributed by atoms with Gasteiger partial charge in [-0.3, -0.25) is 4.79 Å². The van der Waals surface area contributed by atoms with E-state index < -0.39 is 6.10 Å². The van der Waals surface area contributed by atoms with Crippen molar-refractivity contribution in [3.63, 3.8) is 0 Å². The molecule has 24 heavy (non-hydrogen) atoms. The standard InChI is InChI=1S/C19H24N2O3/c1-15(24-18-11-7-10-17(14-18)23-3)19(22)20-12-13-21(2)16-8-5-4-6-9-16/h4-11,14-15H,12-13H2,1-3H3,(H,20,22)/t15-/m0/s1. The molecule has 1 amide bonds. The molecule has 0 aliphatic rings. The summed E-state index contributed by atoms with van der Waals surface area (Å²) >= 11 is 0. The van der Waals surface area contributed by atoms with Crippen molar-refractivity contribution in [3.05, 3.63) is 54.6 Å². The molecular weight excluding hydrogens is 304 g/mol.